The Morgan fingerprint density at radius 3 is 2.44 bits per heavy atom. The maximum Gasteiger partial charge on any atom is 0.239 e. The molecular weight excluding hydrogens is 430 g/mol. The summed E-state index contributed by atoms with van der Waals surface area (Å²) in [5, 5.41) is 0. The molecule has 7 nitrogen and oxygen atoms in total. The van der Waals surface area contributed by atoms with Crippen molar-refractivity contribution in [2.24, 2.45) is 11.8 Å². The molecule has 0 aliphatic carbocycles. The largest absolute Gasteiger partial charge is 0.378 e. The zero-order chi connectivity index (χ0) is 23.4. The highest BCUT2D eigenvalue weighted by atomic mass is 16.5. The van der Waals surface area contributed by atoms with E-state index >= 15 is 0 Å². The number of nitrogens with zero attached hydrogens (tertiary/aromatic N) is 3. The molecule has 2 bridgehead atoms. The zero-order valence-corrected chi connectivity index (χ0v) is 19.1. The molecule has 2 aromatic rings. The van der Waals surface area contributed by atoms with Crippen LogP contribution in [0, 0.1) is 18.8 Å². The van der Waals surface area contributed by atoms with Crippen LogP contribution >= 0.6 is 0 Å². The number of hydrogen-bond donors (Lipinski definition) is 0. The lowest BCUT2D eigenvalue weighted by molar-refractivity contribution is -0.129. The van der Waals surface area contributed by atoms with Crippen LogP contribution in [0.5, 0.6) is 0 Å². The number of morpholine rings is 1. The molecule has 3 fully saturated rings. The molecule has 2 aromatic carbocycles. The van der Waals surface area contributed by atoms with Crippen LogP contribution < -0.4 is 9.80 Å². The minimum Gasteiger partial charge on any atom is -0.378 e. The number of benzene rings is 2. The van der Waals surface area contributed by atoms with E-state index in [9.17, 15) is 14.4 Å². The summed E-state index contributed by atoms with van der Waals surface area (Å²) >= 11 is 0. The minimum atomic E-state index is -0.656. The summed E-state index contributed by atoms with van der Waals surface area (Å²) in [5.41, 5.74) is 3.76. The van der Waals surface area contributed by atoms with E-state index in [1.54, 1.807) is 12.1 Å². The van der Waals surface area contributed by atoms with Crippen molar-refractivity contribution in [3.63, 3.8) is 0 Å². The van der Waals surface area contributed by atoms with Gasteiger partial charge in [0, 0.05) is 31.4 Å². The Hall–Kier alpha value is -3.29. The van der Waals surface area contributed by atoms with Crippen molar-refractivity contribution < 1.29 is 19.1 Å². The standard InChI is InChI=1S/C27H27N3O4/c1-17-4-2-5-18(14-17)16-29-21-8-9-22(31)25(29)24-23(21)26(32)30(27(24)33)20-7-3-6-19(15-20)28-10-12-34-13-11-28/h2-9,14-15,21,23-25H,10-13,16H2,1H3/t21-,23+,24+,25+/m0/s1. The van der Waals surface area contributed by atoms with Gasteiger partial charge in [0.05, 0.1) is 36.8 Å². The normalized spacial score (nSPS) is 28.7. The summed E-state index contributed by atoms with van der Waals surface area (Å²) in [5.74, 6) is -1.78. The van der Waals surface area contributed by atoms with E-state index in [1.807, 2.05) is 54.3 Å². The van der Waals surface area contributed by atoms with Gasteiger partial charge in [-0.15, -0.1) is 0 Å². The molecular formula is C27H27N3O4. The maximum absolute atomic E-state index is 13.7. The Labute approximate surface area is 198 Å². The minimum absolute atomic E-state index is 0.0959. The summed E-state index contributed by atoms with van der Waals surface area (Å²) in [6.45, 7) is 5.42. The molecule has 0 spiro atoms. The number of rotatable bonds is 4. The van der Waals surface area contributed by atoms with Gasteiger partial charge in [-0.1, -0.05) is 42.0 Å². The molecule has 0 aromatic heterocycles. The second-order valence-electron chi connectivity index (χ2n) is 9.54. The first-order valence-electron chi connectivity index (χ1n) is 11.9. The molecule has 6 rings (SSSR count). The smallest absolute Gasteiger partial charge is 0.239 e. The number of anilines is 2. The Bertz CT molecular complexity index is 1200. The van der Waals surface area contributed by atoms with Crippen LogP contribution in [0.2, 0.25) is 0 Å². The number of aryl methyl sites for hydroxylation is 1. The van der Waals surface area contributed by atoms with E-state index < -0.39 is 17.9 Å². The van der Waals surface area contributed by atoms with Crippen LogP contribution in [0.25, 0.3) is 0 Å². The van der Waals surface area contributed by atoms with Gasteiger partial charge in [-0.25, -0.2) is 4.90 Å². The second kappa shape index (κ2) is 8.18. The highest BCUT2D eigenvalue weighted by Crippen LogP contribution is 2.47. The van der Waals surface area contributed by atoms with E-state index in [0.717, 1.165) is 29.9 Å². The summed E-state index contributed by atoms with van der Waals surface area (Å²) in [4.78, 5) is 45.9. The highest BCUT2D eigenvalue weighted by molar-refractivity contribution is 6.24. The highest BCUT2D eigenvalue weighted by Gasteiger charge is 2.64. The molecule has 34 heavy (non-hydrogen) atoms. The molecule has 2 amide bonds. The third kappa shape index (κ3) is 3.30. The van der Waals surface area contributed by atoms with Gasteiger partial charge < -0.3 is 9.64 Å². The topological polar surface area (TPSA) is 70.2 Å². The monoisotopic (exact) mass is 457 g/mol. The summed E-state index contributed by atoms with van der Waals surface area (Å²) < 4.78 is 5.44. The lowest BCUT2D eigenvalue weighted by atomic mass is 9.90. The van der Waals surface area contributed by atoms with Crippen LogP contribution in [0.4, 0.5) is 11.4 Å². The summed E-state index contributed by atoms with van der Waals surface area (Å²) in [6, 6.07) is 14.8. The molecule has 3 saturated heterocycles. The average Bonchev–Trinajstić information content (AvgIpc) is 3.23. The van der Waals surface area contributed by atoms with Gasteiger partial charge in [0.15, 0.2) is 5.78 Å². The van der Waals surface area contributed by atoms with E-state index in [0.29, 0.717) is 25.4 Å². The van der Waals surface area contributed by atoms with Crippen molar-refractivity contribution in [1.82, 2.24) is 4.90 Å². The fourth-order valence-electron chi connectivity index (χ4n) is 5.99. The van der Waals surface area contributed by atoms with Gasteiger partial charge in [-0.05, 0) is 36.8 Å². The first-order chi connectivity index (χ1) is 16.5. The predicted molar refractivity (Wildman–Crippen MR) is 127 cm³/mol. The van der Waals surface area contributed by atoms with E-state index in [4.69, 9.17) is 4.74 Å². The molecule has 0 saturated carbocycles. The molecule has 0 radical (unpaired) electrons. The van der Waals surface area contributed by atoms with Crippen LogP contribution in [0.15, 0.2) is 60.7 Å². The first-order valence-corrected chi connectivity index (χ1v) is 11.9. The Morgan fingerprint density at radius 2 is 1.65 bits per heavy atom. The Morgan fingerprint density at radius 1 is 0.912 bits per heavy atom. The van der Waals surface area contributed by atoms with Gasteiger partial charge in [-0.2, -0.15) is 0 Å². The number of carbonyl (C=O) groups is 3. The van der Waals surface area contributed by atoms with E-state index in [1.165, 1.54) is 4.90 Å². The second-order valence-corrected chi connectivity index (χ2v) is 9.54. The number of carbonyl (C=O) groups excluding carboxylic acids is 3. The summed E-state index contributed by atoms with van der Waals surface area (Å²) in [6.07, 6.45) is 3.38. The van der Waals surface area contributed by atoms with Crippen molar-refractivity contribution >= 4 is 29.0 Å². The third-order valence-electron chi connectivity index (χ3n) is 7.51. The number of fused-ring (bicyclic) bond motifs is 5. The van der Waals surface area contributed by atoms with Gasteiger partial charge in [-0.3, -0.25) is 19.3 Å². The number of hydrogen-bond acceptors (Lipinski definition) is 6. The Kier molecular flexibility index (Phi) is 5.12. The molecule has 7 heteroatoms. The van der Waals surface area contributed by atoms with Gasteiger partial charge >= 0.3 is 0 Å². The number of ketones is 1. The van der Waals surface area contributed by atoms with Crippen LogP contribution in [-0.2, 0) is 25.7 Å². The lowest BCUT2D eigenvalue weighted by Gasteiger charge is -2.33. The molecule has 4 aliphatic heterocycles. The van der Waals surface area contributed by atoms with Crippen molar-refractivity contribution in [3.8, 4) is 0 Å². The molecule has 4 aliphatic rings. The van der Waals surface area contributed by atoms with Gasteiger partial charge in [0.1, 0.15) is 0 Å². The Balaban J connectivity index is 1.31. The zero-order valence-electron chi connectivity index (χ0n) is 19.1. The maximum atomic E-state index is 13.7. The van der Waals surface area contributed by atoms with Crippen LogP contribution in [0.1, 0.15) is 11.1 Å². The van der Waals surface area contributed by atoms with Crippen molar-refractivity contribution in [1.29, 1.82) is 0 Å². The van der Waals surface area contributed by atoms with Crippen molar-refractivity contribution in [2.75, 3.05) is 36.1 Å². The fourth-order valence-corrected chi connectivity index (χ4v) is 5.99. The quantitative estimate of drug-likeness (QED) is 0.657. The lowest BCUT2D eigenvalue weighted by Crippen LogP contribution is -2.48. The average molecular weight is 458 g/mol. The van der Waals surface area contributed by atoms with Crippen molar-refractivity contribution in [3.05, 3.63) is 71.8 Å². The molecule has 4 atom stereocenters. The van der Waals surface area contributed by atoms with Crippen LogP contribution in [-0.4, -0.2) is 60.9 Å². The molecule has 0 unspecified atom stereocenters. The molecule has 174 valence electrons. The third-order valence-corrected chi connectivity index (χ3v) is 7.51. The van der Waals surface area contributed by atoms with Crippen LogP contribution in [0.3, 0.4) is 0 Å². The molecule has 4 heterocycles. The predicted octanol–water partition coefficient (Wildman–Crippen LogP) is 2.33. The van der Waals surface area contributed by atoms with E-state index in [-0.39, 0.29) is 23.6 Å². The van der Waals surface area contributed by atoms with Crippen molar-refractivity contribution in [2.45, 2.75) is 25.6 Å². The number of ether oxygens (including phenoxy) is 1. The number of imide groups is 1. The van der Waals surface area contributed by atoms with Gasteiger partial charge in [0.25, 0.3) is 0 Å². The number of amides is 2. The fraction of sp³-hybridized carbons (Fsp3) is 0.370. The molecule has 0 N–H and O–H groups in total. The SMILES string of the molecule is Cc1cccc(CN2[C@@H]3C(=O)C=C[C@H]2[C@H]2C(=O)N(c4cccc(N5CCOCC5)c4)C(=O)[C@H]23)c1. The summed E-state index contributed by atoms with van der Waals surface area (Å²) in [7, 11) is 0. The first kappa shape index (κ1) is 21.3. The van der Waals surface area contributed by atoms with E-state index in [2.05, 4.69) is 11.0 Å². The van der Waals surface area contributed by atoms with Gasteiger partial charge in [0.2, 0.25) is 11.8 Å².